The van der Waals surface area contributed by atoms with Crippen molar-refractivity contribution in [2.24, 2.45) is 0 Å². The number of hydrogen-bond acceptors (Lipinski definition) is 1. The van der Waals surface area contributed by atoms with E-state index in [4.69, 9.17) is 0 Å². The van der Waals surface area contributed by atoms with Crippen LogP contribution in [0.5, 0.6) is 0 Å². The first kappa shape index (κ1) is 13.2. The Morgan fingerprint density at radius 3 is 2.42 bits per heavy atom. The van der Waals surface area contributed by atoms with Crippen molar-refractivity contribution in [2.45, 2.75) is 13.0 Å². The summed E-state index contributed by atoms with van der Waals surface area (Å²) in [4.78, 5) is 11.9. The number of hydrogen-bond donors (Lipinski definition) is 1. The molecule has 4 heteroatoms. The van der Waals surface area contributed by atoms with Gasteiger partial charge in [-0.1, -0.05) is 30.3 Å². The first-order chi connectivity index (χ1) is 9.08. The Hall–Kier alpha value is -2.23. The molecule has 0 fully saturated rings. The summed E-state index contributed by atoms with van der Waals surface area (Å²) in [5, 5.41) is 2.67. The average Bonchev–Trinajstić information content (AvgIpc) is 2.39. The van der Waals surface area contributed by atoms with Gasteiger partial charge in [0.05, 0.1) is 11.6 Å². The van der Waals surface area contributed by atoms with Crippen LogP contribution in [-0.4, -0.2) is 5.91 Å². The molecule has 0 bridgehead atoms. The number of halogens is 2. The lowest BCUT2D eigenvalue weighted by Gasteiger charge is -2.14. The van der Waals surface area contributed by atoms with Gasteiger partial charge < -0.3 is 5.32 Å². The van der Waals surface area contributed by atoms with Crippen LogP contribution in [0.25, 0.3) is 0 Å². The zero-order valence-corrected chi connectivity index (χ0v) is 10.4. The van der Waals surface area contributed by atoms with Gasteiger partial charge in [-0.05, 0) is 24.6 Å². The van der Waals surface area contributed by atoms with Gasteiger partial charge in [0.25, 0.3) is 5.91 Å². The first-order valence-electron chi connectivity index (χ1n) is 5.89. The number of rotatable bonds is 3. The predicted octanol–water partition coefficient (Wildman–Crippen LogP) is 3.46. The minimum absolute atomic E-state index is 0.163. The summed E-state index contributed by atoms with van der Waals surface area (Å²) in [5.74, 6) is -2.13. The van der Waals surface area contributed by atoms with Gasteiger partial charge in [0.1, 0.15) is 11.6 Å². The molecule has 2 rings (SSSR count). The summed E-state index contributed by atoms with van der Waals surface area (Å²) in [7, 11) is 0. The highest BCUT2D eigenvalue weighted by Crippen LogP contribution is 2.14. The van der Waals surface area contributed by atoms with E-state index < -0.39 is 17.5 Å². The lowest BCUT2D eigenvalue weighted by molar-refractivity contribution is 0.0935. The first-order valence-corrected chi connectivity index (χ1v) is 5.89. The van der Waals surface area contributed by atoms with Crippen molar-refractivity contribution in [1.29, 1.82) is 0 Å². The van der Waals surface area contributed by atoms with Crippen LogP contribution in [0.2, 0.25) is 0 Å². The molecular weight excluding hydrogens is 248 g/mol. The van der Waals surface area contributed by atoms with Crippen LogP contribution in [0.1, 0.15) is 28.9 Å². The Labute approximate surface area is 110 Å². The third kappa shape index (κ3) is 3.16. The minimum Gasteiger partial charge on any atom is -0.345 e. The van der Waals surface area contributed by atoms with Gasteiger partial charge in [0.2, 0.25) is 0 Å². The van der Waals surface area contributed by atoms with Crippen molar-refractivity contribution in [1.82, 2.24) is 5.32 Å². The highest BCUT2D eigenvalue weighted by atomic mass is 19.1. The molecule has 0 heterocycles. The van der Waals surface area contributed by atoms with Crippen molar-refractivity contribution >= 4 is 5.91 Å². The molecule has 2 aromatic carbocycles. The molecule has 0 saturated carbocycles. The van der Waals surface area contributed by atoms with Gasteiger partial charge in [-0.15, -0.1) is 0 Å². The Kier molecular flexibility index (Phi) is 3.90. The number of carbonyl (C=O) groups is 1. The second-order valence-electron chi connectivity index (χ2n) is 4.23. The molecule has 1 amide bonds. The van der Waals surface area contributed by atoms with Crippen molar-refractivity contribution in [2.75, 3.05) is 0 Å². The van der Waals surface area contributed by atoms with Gasteiger partial charge in [-0.25, -0.2) is 8.78 Å². The highest BCUT2D eigenvalue weighted by molar-refractivity contribution is 5.94. The van der Waals surface area contributed by atoms with Gasteiger partial charge >= 0.3 is 0 Å². The average molecular weight is 261 g/mol. The van der Waals surface area contributed by atoms with Crippen LogP contribution in [0.4, 0.5) is 8.78 Å². The van der Waals surface area contributed by atoms with E-state index >= 15 is 0 Å². The van der Waals surface area contributed by atoms with Gasteiger partial charge in [0, 0.05) is 6.07 Å². The van der Waals surface area contributed by atoms with Crippen molar-refractivity contribution < 1.29 is 13.6 Å². The topological polar surface area (TPSA) is 29.1 Å². The van der Waals surface area contributed by atoms with E-state index in [9.17, 15) is 13.6 Å². The fraction of sp³-hybridized carbons (Fsp3) is 0.133. The predicted molar refractivity (Wildman–Crippen MR) is 68.7 cm³/mol. The lowest BCUT2D eigenvalue weighted by atomic mass is 10.1. The van der Waals surface area contributed by atoms with Crippen LogP contribution in [-0.2, 0) is 0 Å². The molecule has 1 unspecified atom stereocenters. The summed E-state index contributed by atoms with van der Waals surface area (Å²) >= 11 is 0. The molecule has 2 aromatic rings. The molecule has 0 saturated heterocycles. The summed E-state index contributed by atoms with van der Waals surface area (Å²) < 4.78 is 26.2. The summed E-state index contributed by atoms with van der Waals surface area (Å²) in [5.41, 5.74) is 0.752. The van der Waals surface area contributed by atoms with E-state index in [1.54, 1.807) is 6.92 Å². The molecule has 2 nitrogen and oxygen atoms in total. The number of carbonyl (C=O) groups excluding carboxylic acids is 1. The molecular formula is C15H13F2NO. The van der Waals surface area contributed by atoms with Crippen molar-refractivity contribution in [3.8, 4) is 0 Å². The second kappa shape index (κ2) is 5.61. The van der Waals surface area contributed by atoms with E-state index in [1.807, 2.05) is 30.3 Å². The van der Waals surface area contributed by atoms with Gasteiger partial charge in [-0.3, -0.25) is 4.79 Å². The summed E-state index contributed by atoms with van der Waals surface area (Å²) in [6.07, 6.45) is 0. The molecule has 98 valence electrons. The van der Waals surface area contributed by atoms with Crippen molar-refractivity contribution in [3.63, 3.8) is 0 Å². The molecule has 19 heavy (non-hydrogen) atoms. The monoisotopic (exact) mass is 261 g/mol. The molecule has 0 aliphatic carbocycles. The zero-order valence-electron chi connectivity index (χ0n) is 10.4. The number of amides is 1. The van der Waals surface area contributed by atoms with Crippen LogP contribution in [0, 0.1) is 11.6 Å². The van der Waals surface area contributed by atoms with Crippen LogP contribution in [0.3, 0.4) is 0 Å². The molecule has 0 radical (unpaired) electrons. The molecule has 0 spiro atoms. The van der Waals surface area contributed by atoms with Crippen LogP contribution in [0.15, 0.2) is 48.5 Å². The van der Waals surface area contributed by atoms with Gasteiger partial charge in [-0.2, -0.15) is 0 Å². The fourth-order valence-electron chi connectivity index (χ4n) is 1.77. The zero-order chi connectivity index (χ0) is 13.8. The Morgan fingerprint density at radius 1 is 1.11 bits per heavy atom. The summed E-state index contributed by atoms with van der Waals surface area (Å²) in [6.45, 7) is 1.80. The molecule has 0 aromatic heterocycles. The minimum atomic E-state index is -0.863. The van der Waals surface area contributed by atoms with E-state index in [1.165, 1.54) is 0 Å². The second-order valence-corrected chi connectivity index (χ2v) is 4.23. The molecule has 0 aliphatic rings. The Morgan fingerprint density at radius 2 is 1.79 bits per heavy atom. The fourth-order valence-corrected chi connectivity index (χ4v) is 1.77. The van der Waals surface area contributed by atoms with Crippen LogP contribution >= 0.6 is 0 Å². The third-order valence-electron chi connectivity index (χ3n) is 2.82. The van der Waals surface area contributed by atoms with E-state index in [0.29, 0.717) is 6.07 Å². The highest BCUT2D eigenvalue weighted by Gasteiger charge is 2.15. The van der Waals surface area contributed by atoms with E-state index in [0.717, 1.165) is 17.7 Å². The maximum absolute atomic E-state index is 13.5. The van der Waals surface area contributed by atoms with Crippen molar-refractivity contribution in [3.05, 3.63) is 71.3 Å². The molecule has 1 N–H and O–H groups in total. The van der Waals surface area contributed by atoms with Gasteiger partial charge in [0.15, 0.2) is 0 Å². The lowest BCUT2D eigenvalue weighted by Crippen LogP contribution is -2.27. The standard InChI is InChI=1S/C15H13F2NO/c1-10(11-5-3-2-4-6-11)18-15(19)13-8-7-12(16)9-14(13)17/h2-10H,1H3,(H,18,19). The largest absolute Gasteiger partial charge is 0.345 e. The quantitative estimate of drug-likeness (QED) is 0.900. The van der Waals surface area contributed by atoms with Crippen LogP contribution < -0.4 is 5.32 Å². The number of nitrogens with one attached hydrogen (secondary N) is 1. The smallest absolute Gasteiger partial charge is 0.254 e. The maximum Gasteiger partial charge on any atom is 0.254 e. The third-order valence-corrected chi connectivity index (χ3v) is 2.82. The van der Waals surface area contributed by atoms with E-state index in [-0.39, 0.29) is 11.6 Å². The SMILES string of the molecule is CC(NC(=O)c1ccc(F)cc1F)c1ccccc1. The normalized spacial score (nSPS) is 11.9. The number of benzene rings is 2. The summed E-state index contributed by atoms with van der Waals surface area (Å²) in [6, 6.07) is 12.0. The Bertz CT molecular complexity index is 584. The maximum atomic E-state index is 13.5. The Balaban J connectivity index is 2.13. The molecule has 1 atom stereocenters. The van der Waals surface area contributed by atoms with E-state index in [2.05, 4.69) is 5.32 Å². The molecule has 0 aliphatic heterocycles.